The van der Waals surface area contributed by atoms with Crippen LogP contribution >= 0.6 is 0 Å². The predicted molar refractivity (Wildman–Crippen MR) is 87.0 cm³/mol. The Bertz CT molecular complexity index is 662. The van der Waals surface area contributed by atoms with Crippen molar-refractivity contribution in [2.24, 2.45) is 5.92 Å². The summed E-state index contributed by atoms with van der Waals surface area (Å²) in [6.45, 7) is 4.60. The summed E-state index contributed by atoms with van der Waals surface area (Å²) in [6, 6.07) is 7.31. The van der Waals surface area contributed by atoms with Gasteiger partial charge in [-0.2, -0.15) is 4.98 Å². The number of amides is 1. The maximum absolute atomic E-state index is 12.5. The first kappa shape index (κ1) is 15.7. The van der Waals surface area contributed by atoms with E-state index in [2.05, 4.69) is 20.8 Å². The van der Waals surface area contributed by atoms with Crippen LogP contribution in [0, 0.1) is 12.8 Å². The van der Waals surface area contributed by atoms with Crippen LogP contribution in [-0.4, -0.2) is 35.7 Å². The number of aryl methyl sites for hydroxylation is 1. The third-order valence-electron chi connectivity index (χ3n) is 4.17. The quantitative estimate of drug-likeness (QED) is 0.884. The summed E-state index contributed by atoms with van der Waals surface area (Å²) >= 11 is 0. The van der Waals surface area contributed by atoms with E-state index in [4.69, 9.17) is 4.52 Å². The smallest absolute Gasteiger partial charge is 0.258 e. The van der Waals surface area contributed by atoms with Gasteiger partial charge in [-0.3, -0.25) is 4.79 Å². The molecule has 1 fully saturated rings. The van der Waals surface area contributed by atoms with Crippen LogP contribution in [0.4, 0.5) is 0 Å². The SMILES string of the molecule is Cc1noc(-c2ccccc2C(=O)NCCC2CCCNC2)n1. The number of hydrogen-bond donors (Lipinski definition) is 2. The number of nitrogens with one attached hydrogen (secondary N) is 2. The average Bonchev–Trinajstić information content (AvgIpc) is 3.02. The van der Waals surface area contributed by atoms with Crippen molar-refractivity contribution in [1.29, 1.82) is 0 Å². The molecule has 2 N–H and O–H groups in total. The number of hydrogen-bond acceptors (Lipinski definition) is 5. The zero-order chi connectivity index (χ0) is 16.1. The van der Waals surface area contributed by atoms with E-state index < -0.39 is 0 Å². The Morgan fingerprint density at radius 3 is 3.04 bits per heavy atom. The third kappa shape index (κ3) is 3.96. The normalized spacial score (nSPS) is 17.9. The van der Waals surface area contributed by atoms with Gasteiger partial charge in [0.05, 0.1) is 11.1 Å². The summed E-state index contributed by atoms with van der Waals surface area (Å²) in [5.41, 5.74) is 1.24. The first-order chi connectivity index (χ1) is 11.2. The second-order valence-electron chi connectivity index (χ2n) is 5.95. The van der Waals surface area contributed by atoms with Crippen LogP contribution in [-0.2, 0) is 0 Å². The predicted octanol–water partition coefficient (Wildman–Crippen LogP) is 2.16. The van der Waals surface area contributed by atoms with E-state index in [0.717, 1.165) is 19.5 Å². The lowest BCUT2D eigenvalue weighted by Crippen LogP contribution is -2.33. The highest BCUT2D eigenvalue weighted by Crippen LogP contribution is 2.22. The van der Waals surface area contributed by atoms with Gasteiger partial charge in [0.2, 0.25) is 0 Å². The molecule has 0 radical (unpaired) electrons. The molecule has 0 saturated carbocycles. The Morgan fingerprint density at radius 2 is 2.30 bits per heavy atom. The molecule has 0 spiro atoms. The zero-order valence-electron chi connectivity index (χ0n) is 13.3. The van der Waals surface area contributed by atoms with Crippen molar-refractivity contribution >= 4 is 5.91 Å². The molecule has 3 rings (SSSR count). The molecule has 1 amide bonds. The summed E-state index contributed by atoms with van der Waals surface area (Å²) in [6.07, 6.45) is 3.46. The molecular formula is C17H22N4O2. The molecule has 6 nitrogen and oxygen atoms in total. The molecule has 1 aromatic heterocycles. The molecule has 2 aromatic rings. The van der Waals surface area contributed by atoms with Crippen molar-refractivity contribution in [1.82, 2.24) is 20.8 Å². The summed E-state index contributed by atoms with van der Waals surface area (Å²) in [4.78, 5) is 16.7. The standard InChI is InChI=1S/C17H22N4O2/c1-12-20-17(23-21-12)15-7-3-2-6-14(15)16(22)19-10-8-13-5-4-9-18-11-13/h2-3,6-7,13,18H,4-5,8-11H2,1H3,(H,19,22). The van der Waals surface area contributed by atoms with E-state index in [1.165, 1.54) is 12.8 Å². The number of piperidine rings is 1. The van der Waals surface area contributed by atoms with Crippen LogP contribution in [0.5, 0.6) is 0 Å². The second-order valence-corrected chi connectivity index (χ2v) is 5.95. The molecule has 1 aliphatic rings. The lowest BCUT2D eigenvalue weighted by Gasteiger charge is -2.22. The number of nitrogens with zero attached hydrogens (tertiary/aromatic N) is 2. The monoisotopic (exact) mass is 314 g/mol. The highest BCUT2D eigenvalue weighted by atomic mass is 16.5. The minimum absolute atomic E-state index is 0.0970. The highest BCUT2D eigenvalue weighted by molar-refractivity contribution is 5.99. The molecule has 2 heterocycles. The fourth-order valence-corrected chi connectivity index (χ4v) is 2.93. The third-order valence-corrected chi connectivity index (χ3v) is 4.17. The molecule has 1 aliphatic heterocycles. The number of benzene rings is 1. The van der Waals surface area contributed by atoms with Crippen LogP contribution in [0.25, 0.3) is 11.5 Å². The van der Waals surface area contributed by atoms with Gasteiger partial charge in [-0.05, 0) is 57.3 Å². The summed E-state index contributed by atoms with van der Waals surface area (Å²) in [7, 11) is 0. The molecule has 1 atom stereocenters. The maximum atomic E-state index is 12.5. The summed E-state index contributed by atoms with van der Waals surface area (Å²) in [5.74, 6) is 1.49. The molecule has 122 valence electrons. The van der Waals surface area contributed by atoms with Gasteiger partial charge >= 0.3 is 0 Å². The van der Waals surface area contributed by atoms with Crippen molar-refractivity contribution in [2.45, 2.75) is 26.2 Å². The first-order valence-corrected chi connectivity index (χ1v) is 8.12. The lowest BCUT2D eigenvalue weighted by molar-refractivity contribution is 0.0951. The van der Waals surface area contributed by atoms with E-state index in [0.29, 0.717) is 35.3 Å². The van der Waals surface area contributed by atoms with Crippen molar-refractivity contribution in [3.8, 4) is 11.5 Å². The van der Waals surface area contributed by atoms with Gasteiger partial charge < -0.3 is 15.2 Å². The van der Waals surface area contributed by atoms with Gasteiger partial charge in [0.1, 0.15) is 0 Å². The van der Waals surface area contributed by atoms with E-state index in [1.54, 1.807) is 13.0 Å². The van der Waals surface area contributed by atoms with E-state index in [9.17, 15) is 4.79 Å². The molecule has 0 aliphatic carbocycles. The van der Waals surface area contributed by atoms with Gasteiger partial charge in [0, 0.05) is 6.54 Å². The minimum Gasteiger partial charge on any atom is -0.352 e. The maximum Gasteiger partial charge on any atom is 0.258 e. The van der Waals surface area contributed by atoms with Crippen LogP contribution in [0.15, 0.2) is 28.8 Å². The zero-order valence-corrected chi connectivity index (χ0v) is 13.3. The average molecular weight is 314 g/mol. The van der Waals surface area contributed by atoms with Crippen molar-refractivity contribution in [2.75, 3.05) is 19.6 Å². The molecule has 1 unspecified atom stereocenters. The van der Waals surface area contributed by atoms with Gasteiger partial charge in [-0.1, -0.05) is 17.3 Å². The van der Waals surface area contributed by atoms with E-state index in [-0.39, 0.29) is 5.91 Å². The van der Waals surface area contributed by atoms with Crippen LogP contribution in [0.3, 0.4) is 0 Å². The molecular weight excluding hydrogens is 292 g/mol. The highest BCUT2D eigenvalue weighted by Gasteiger charge is 2.17. The Kier molecular flexibility index (Phi) is 5.02. The Labute approximate surface area is 135 Å². The summed E-state index contributed by atoms with van der Waals surface area (Å²) in [5, 5.41) is 10.2. The van der Waals surface area contributed by atoms with Crippen LogP contribution < -0.4 is 10.6 Å². The first-order valence-electron chi connectivity index (χ1n) is 8.12. The fourth-order valence-electron chi connectivity index (χ4n) is 2.93. The molecule has 0 bridgehead atoms. The molecule has 6 heteroatoms. The van der Waals surface area contributed by atoms with Gasteiger partial charge in [-0.25, -0.2) is 0 Å². The number of carbonyl (C=O) groups is 1. The Balaban J connectivity index is 1.63. The number of aromatic nitrogens is 2. The Morgan fingerprint density at radius 1 is 1.43 bits per heavy atom. The number of carbonyl (C=O) groups excluding carboxylic acids is 1. The summed E-state index contributed by atoms with van der Waals surface area (Å²) < 4.78 is 5.19. The van der Waals surface area contributed by atoms with Crippen molar-refractivity contribution < 1.29 is 9.32 Å². The van der Waals surface area contributed by atoms with Crippen LogP contribution in [0.1, 0.15) is 35.4 Å². The van der Waals surface area contributed by atoms with Gasteiger partial charge in [-0.15, -0.1) is 0 Å². The molecule has 23 heavy (non-hydrogen) atoms. The number of rotatable bonds is 5. The van der Waals surface area contributed by atoms with Crippen LogP contribution in [0.2, 0.25) is 0 Å². The topological polar surface area (TPSA) is 80.0 Å². The molecule has 1 aromatic carbocycles. The fraction of sp³-hybridized carbons (Fsp3) is 0.471. The van der Waals surface area contributed by atoms with Gasteiger partial charge in [0.15, 0.2) is 5.82 Å². The van der Waals surface area contributed by atoms with Crippen molar-refractivity contribution in [3.05, 3.63) is 35.7 Å². The largest absolute Gasteiger partial charge is 0.352 e. The van der Waals surface area contributed by atoms with Gasteiger partial charge in [0.25, 0.3) is 11.8 Å². The Hall–Kier alpha value is -2.21. The lowest BCUT2D eigenvalue weighted by atomic mass is 9.96. The van der Waals surface area contributed by atoms with E-state index >= 15 is 0 Å². The van der Waals surface area contributed by atoms with E-state index in [1.807, 2.05) is 18.2 Å². The second kappa shape index (κ2) is 7.37. The minimum atomic E-state index is -0.0970. The molecule has 1 saturated heterocycles. The van der Waals surface area contributed by atoms with Crippen molar-refractivity contribution in [3.63, 3.8) is 0 Å².